The molecule has 0 amide bonds. The van der Waals surface area contributed by atoms with Crippen LogP contribution in [0, 0.1) is 17.0 Å². The molecule has 0 bridgehead atoms. The second-order valence-corrected chi connectivity index (χ2v) is 5.92. The molecule has 118 valence electrons. The molecule has 10 heteroatoms. The molecule has 0 unspecified atom stereocenters. The van der Waals surface area contributed by atoms with Crippen LogP contribution >= 0.6 is 0 Å². The molecule has 0 heterocycles. The summed E-state index contributed by atoms with van der Waals surface area (Å²) in [6.07, 6.45) is 0. The number of halogens is 3. The molecule has 0 fully saturated rings. The van der Waals surface area contributed by atoms with E-state index in [0.717, 1.165) is 6.07 Å². The molecule has 2 aromatic carbocycles. The van der Waals surface area contributed by atoms with E-state index in [-0.39, 0.29) is 5.39 Å². The average molecular weight is 335 g/mol. The highest BCUT2D eigenvalue weighted by molar-refractivity contribution is 7.88. The van der Waals surface area contributed by atoms with E-state index in [2.05, 4.69) is 4.18 Å². The second kappa shape index (κ2) is 5.13. The van der Waals surface area contributed by atoms with Crippen LogP contribution in [0.15, 0.2) is 30.3 Å². The van der Waals surface area contributed by atoms with Crippen molar-refractivity contribution in [3.8, 4) is 5.75 Å². The first-order valence-electron chi connectivity index (χ1n) is 5.71. The largest absolute Gasteiger partial charge is 0.534 e. The van der Waals surface area contributed by atoms with E-state index < -0.39 is 32.0 Å². The van der Waals surface area contributed by atoms with Crippen LogP contribution in [-0.4, -0.2) is 18.8 Å². The zero-order valence-corrected chi connectivity index (χ0v) is 11.7. The van der Waals surface area contributed by atoms with Crippen molar-refractivity contribution in [3.63, 3.8) is 0 Å². The summed E-state index contributed by atoms with van der Waals surface area (Å²) < 4.78 is 63.0. The summed E-state index contributed by atoms with van der Waals surface area (Å²) in [6, 6.07) is 6.60. The number of rotatable bonds is 3. The second-order valence-electron chi connectivity index (χ2n) is 4.38. The third-order valence-corrected chi connectivity index (χ3v) is 3.74. The maximum absolute atomic E-state index is 12.3. The molecule has 2 rings (SSSR count). The molecule has 0 N–H and O–H groups in total. The number of nitro groups is 1. The molecular weight excluding hydrogens is 327 g/mol. The fourth-order valence-corrected chi connectivity index (χ4v) is 2.28. The van der Waals surface area contributed by atoms with E-state index in [4.69, 9.17) is 0 Å². The Bertz CT molecular complexity index is 861. The molecule has 0 aliphatic heterocycles. The Hall–Kier alpha value is -2.36. The Morgan fingerprint density at radius 2 is 1.77 bits per heavy atom. The number of hydrogen-bond acceptors (Lipinski definition) is 5. The highest BCUT2D eigenvalue weighted by Gasteiger charge is 2.49. The number of alkyl halides is 3. The van der Waals surface area contributed by atoms with Crippen molar-refractivity contribution in [2.24, 2.45) is 0 Å². The monoisotopic (exact) mass is 335 g/mol. The smallest absolute Gasteiger partial charge is 0.369 e. The summed E-state index contributed by atoms with van der Waals surface area (Å²) in [7, 11) is -5.99. The standard InChI is InChI=1S/C12H8F3NO5S/c1-7-2-3-8-4-5-10(11(16(17)18)9(8)6-7)21-22(19,20)12(13,14)15/h2-6H,1H3. The van der Waals surface area contributed by atoms with Gasteiger partial charge < -0.3 is 4.18 Å². The summed E-state index contributed by atoms with van der Waals surface area (Å²) in [4.78, 5) is 10.1. The molecule has 0 saturated heterocycles. The lowest BCUT2D eigenvalue weighted by atomic mass is 10.1. The first-order valence-corrected chi connectivity index (χ1v) is 7.12. The Balaban J connectivity index is 2.70. The zero-order valence-electron chi connectivity index (χ0n) is 10.9. The average Bonchev–Trinajstić information content (AvgIpc) is 2.35. The summed E-state index contributed by atoms with van der Waals surface area (Å²) >= 11 is 0. The van der Waals surface area contributed by atoms with Gasteiger partial charge in [0.15, 0.2) is 0 Å². The minimum atomic E-state index is -5.99. The SMILES string of the molecule is Cc1ccc2ccc(OS(=O)(=O)C(F)(F)F)c([N+](=O)[O-])c2c1. The van der Waals surface area contributed by atoms with Gasteiger partial charge in [-0.2, -0.15) is 21.6 Å². The molecule has 0 aliphatic rings. The van der Waals surface area contributed by atoms with Crippen molar-refractivity contribution >= 4 is 26.6 Å². The Morgan fingerprint density at radius 3 is 2.32 bits per heavy atom. The van der Waals surface area contributed by atoms with Gasteiger partial charge in [0.25, 0.3) is 0 Å². The third kappa shape index (κ3) is 2.82. The Morgan fingerprint density at radius 1 is 1.18 bits per heavy atom. The van der Waals surface area contributed by atoms with Gasteiger partial charge in [-0.05, 0) is 24.4 Å². The molecule has 0 radical (unpaired) electrons. The fourth-order valence-electron chi connectivity index (χ4n) is 1.82. The van der Waals surface area contributed by atoms with Gasteiger partial charge in [0, 0.05) is 0 Å². The Kier molecular flexibility index (Phi) is 3.73. The summed E-state index contributed by atoms with van der Waals surface area (Å²) in [5.74, 6) is -0.986. The normalized spacial score (nSPS) is 12.4. The van der Waals surface area contributed by atoms with E-state index >= 15 is 0 Å². The van der Waals surface area contributed by atoms with Crippen molar-refractivity contribution in [2.75, 3.05) is 0 Å². The van der Waals surface area contributed by atoms with Gasteiger partial charge in [-0.3, -0.25) is 10.1 Å². The first kappa shape index (κ1) is 16.0. The number of aryl methyl sites for hydroxylation is 1. The van der Waals surface area contributed by atoms with Crippen molar-refractivity contribution < 1.29 is 30.7 Å². The third-order valence-electron chi connectivity index (χ3n) is 2.78. The van der Waals surface area contributed by atoms with Crippen molar-refractivity contribution in [1.29, 1.82) is 0 Å². The predicted octanol–water partition coefficient (Wildman–Crippen LogP) is 3.28. The number of nitrogens with zero attached hydrogens (tertiary/aromatic N) is 1. The molecule has 22 heavy (non-hydrogen) atoms. The number of hydrogen-bond donors (Lipinski definition) is 0. The fraction of sp³-hybridized carbons (Fsp3) is 0.167. The molecule has 2 aromatic rings. The van der Waals surface area contributed by atoms with Crippen molar-refractivity contribution in [2.45, 2.75) is 12.4 Å². The van der Waals surface area contributed by atoms with E-state index in [1.165, 1.54) is 18.2 Å². The van der Waals surface area contributed by atoms with E-state index in [1.807, 2.05) is 0 Å². The van der Waals surface area contributed by atoms with E-state index in [9.17, 15) is 31.7 Å². The van der Waals surface area contributed by atoms with Crippen LogP contribution in [0.2, 0.25) is 0 Å². The van der Waals surface area contributed by atoms with Gasteiger partial charge in [0.1, 0.15) is 0 Å². The predicted molar refractivity (Wildman–Crippen MR) is 70.9 cm³/mol. The molecule has 0 aliphatic carbocycles. The number of fused-ring (bicyclic) bond motifs is 1. The quantitative estimate of drug-likeness (QED) is 0.372. The lowest BCUT2D eigenvalue weighted by molar-refractivity contribution is -0.383. The molecule has 0 spiro atoms. The number of benzene rings is 2. The van der Waals surface area contributed by atoms with Gasteiger partial charge in [0.05, 0.1) is 10.3 Å². The van der Waals surface area contributed by atoms with Crippen molar-refractivity contribution in [3.05, 3.63) is 46.0 Å². The topological polar surface area (TPSA) is 86.5 Å². The summed E-state index contributed by atoms with van der Waals surface area (Å²) in [5.41, 5.74) is -5.90. The maximum Gasteiger partial charge on any atom is 0.534 e. The summed E-state index contributed by atoms with van der Waals surface area (Å²) in [5, 5.41) is 11.5. The van der Waals surface area contributed by atoms with E-state index in [1.54, 1.807) is 13.0 Å². The van der Waals surface area contributed by atoms with Crippen LogP contribution in [0.25, 0.3) is 10.8 Å². The van der Waals surface area contributed by atoms with Gasteiger partial charge >= 0.3 is 21.3 Å². The molecule has 6 nitrogen and oxygen atoms in total. The highest BCUT2D eigenvalue weighted by Crippen LogP contribution is 2.38. The highest BCUT2D eigenvalue weighted by atomic mass is 32.2. The molecule has 0 atom stereocenters. The maximum atomic E-state index is 12.3. The number of nitro benzene ring substituents is 1. The molecule has 0 aromatic heterocycles. The first-order chi connectivity index (χ1) is 10.0. The minimum Gasteiger partial charge on any atom is -0.369 e. The van der Waals surface area contributed by atoms with E-state index in [0.29, 0.717) is 10.9 Å². The van der Waals surface area contributed by atoms with Crippen LogP contribution in [-0.2, 0) is 10.1 Å². The lowest BCUT2D eigenvalue weighted by Gasteiger charge is -2.11. The van der Waals surface area contributed by atoms with Crippen LogP contribution < -0.4 is 4.18 Å². The van der Waals surface area contributed by atoms with Crippen LogP contribution in [0.5, 0.6) is 5.75 Å². The summed E-state index contributed by atoms with van der Waals surface area (Å²) in [6.45, 7) is 1.63. The van der Waals surface area contributed by atoms with Gasteiger partial charge in [-0.25, -0.2) is 0 Å². The van der Waals surface area contributed by atoms with Gasteiger partial charge in [-0.1, -0.05) is 23.8 Å². The van der Waals surface area contributed by atoms with Gasteiger partial charge in [0.2, 0.25) is 5.75 Å². The lowest BCUT2D eigenvalue weighted by Crippen LogP contribution is -2.28. The molecule has 0 saturated carbocycles. The van der Waals surface area contributed by atoms with Crippen LogP contribution in [0.1, 0.15) is 5.56 Å². The van der Waals surface area contributed by atoms with Crippen molar-refractivity contribution in [1.82, 2.24) is 0 Å². The van der Waals surface area contributed by atoms with Gasteiger partial charge in [-0.15, -0.1) is 0 Å². The Labute approximate surface area is 122 Å². The minimum absolute atomic E-state index is 0.0140. The van der Waals surface area contributed by atoms with Crippen LogP contribution in [0.4, 0.5) is 18.9 Å². The zero-order chi connectivity index (χ0) is 16.7. The van der Waals surface area contributed by atoms with Crippen LogP contribution in [0.3, 0.4) is 0 Å². The molecular formula is C12H8F3NO5S.